The predicted octanol–water partition coefficient (Wildman–Crippen LogP) is 1.15. The lowest BCUT2D eigenvalue weighted by molar-refractivity contribution is 0.333. The molecule has 2 aliphatic rings. The summed E-state index contributed by atoms with van der Waals surface area (Å²) < 4.78 is 26.7. The Labute approximate surface area is 135 Å². The highest BCUT2D eigenvalue weighted by Crippen LogP contribution is 2.26. The van der Waals surface area contributed by atoms with Crippen molar-refractivity contribution in [3.8, 4) is 0 Å². The number of nitrogens with zero attached hydrogens (tertiary/aromatic N) is 3. The van der Waals surface area contributed by atoms with E-state index in [1.54, 1.807) is 10.5 Å². The molecule has 21 heavy (non-hydrogen) atoms. The van der Waals surface area contributed by atoms with Gasteiger partial charge in [-0.1, -0.05) is 0 Å². The van der Waals surface area contributed by atoms with Crippen LogP contribution in [0, 0.1) is 0 Å². The largest absolute Gasteiger partial charge is 0.375 e. The van der Waals surface area contributed by atoms with Crippen molar-refractivity contribution in [2.45, 2.75) is 31.1 Å². The summed E-state index contributed by atoms with van der Waals surface area (Å²) in [5.41, 5.74) is 5.62. The lowest BCUT2D eigenvalue weighted by atomic mass is 10.4. The molecular weight excluding hydrogens is 332 g/mol. The molecule has 0 spiro atoms. The fraction of sp³-hybridized carbons (Fsp3) is 0.750. The molecular formula is C12H21ClN4O2S2. The summed E-state index contributed by atoms with van der Waals surface area (Å²) in [7, 11) is -3.10. The van der Waals surface area contributed by atoms with E-state index in [-0.39, 0.29) is 17.7 Å². The minimum atomic E-state index is -3.10. The van der Waals surface area contributed by atoms with Gasteiger partial charge in [0.15, 0.2) is 5.13 Å². The summed E-state index contributed by atoms with van der Waals surface area (Å²) in [6.07, 6.45) is 4.50. The van der Waals surface area contributed by atoms with E-state index >= 15 is 0 Å². The first-order valence-corrected chi connectivity index (χ1v) is 9.29. The molecule has 0 saturated carbocycles. The molecule has 2 N–H and O–H groups in total. The number of aromatic nitrogens is 1. The molecule has 2 aliphatic heterocycles. The highest BCUT2D eigenvalue weighted by atomic mass is 35.5. The maximum Gasteiger partial charge on any atom is 0.218 e. The van der Waals surface area contributed by atoms with Crippen LogP contribution in [0.1, 0.15) is 24.1 Å². The van der Waals surface area contributed by atoms with E-state index in [0.717, 1.165) is 37.2 Å². The Kier molecular flexibility index (Phi) is 5.48. The van der Waals surface area contributed by atoms with Crippen LogP contribution >= 0.6 is 23.7 Å². The van der Waals surface area contributed by atoms with E-state index in [0.29, 0.717) is 24.8 Å². The third-order valence-corrected chi connectivity index (χ3v) is 7.15. The van der Waals surface area contributed by atoms with E-state index in [1.165, 1.54) is 11.3 Å². The first kappa shape index (κ1) is 17.0. The number of hydrogen-bond acceptors (Lipinski definition) is 6. The van der Waals surface area contributed by atoms with Gasteiger partial charge in [-0.3, -0.25) is 4.90 Å². The molecule has 1 unspecified atom stereocenters. The smallest absolute Gasteiger partial charge is 0.218 e. The van der Waals surface area contributed by atoms with Gasteiger partial charge in [-0.25, -0.2) is 17.7 Å². The predicted molar refractivity (Wildman–Crippen MR) is 87.2 cm³/mol. The highest BCUT2D eigenvalue weighted by Gasteiger charge is 2.38. The van der Waals surface area contributed by atoms with Crippen LogP contribution in [0.15, 0.2) is 6.20 Å². The number of rotatable bonds is 4. The lowest BCUT2D eigenvalue weighted by Gasteiger charge is -2.21. The monoisotopic (exact) mass is 352 g/mol. The summed E-state index contributed by atoms with van der Waals surface area (Å²) in [4.78, 5) is 7.32. The topological polar surface area (TPSA) is 79.5 Å². The Morgan fingerprint density at radius 2 is 2.05 bits per heavy atom. The van der Waals surface area contributed by atoms with Gasteiger partial charge in [-0.2, -0.15) is 0 Å². The van der Waals surface area contributed by atoms with Crippen molar-refractivity contribution in [1.29, 1.82) is 0 Å². The molecule has 1 aromatic rings. The summed E-state index contributed by atoms with van der Waals surface area (Å²) >= 11 is 1.47. The number of anilines is 1. The second-order valence-electron chi connectivity index (χ2n) is 5.46. The Balaban J connectivity index is 0.00000161. The van der Waals surface area contributed by atoms with Gasteiger partial charge in [0.1, 0.15) is 0 Å². The van der Waals surface area contributed by atoms with Gasteiger partial charge in [0.2, 0.25) is 10.0 Å². The molecule has 3 rings (SSSR count). The van der Waals surface area contributed by atoms with E-state index in [4.69, 9.17) is 5.73 Å². The number of nitrogens with two attached hydrogens (primary N) is 1. The molecule has 0 amide bonds. The van der Waals surface area contributed by atoms with Gasteiger partial charge in [-0.05, 0) is 25.8 Å². The molecule has 3 heterocycles. The molecule has 0 aromatic carbocycles. The third kappa shape index (κ3) is 3.68. The molecule has 6 nitrogen and oxygen atoms in total. The zero-order valence-corrected chi connectivity index (χ0v) is 14.2. The van der Waals surface area contributed by atoms with Gasteiger partial charge in [-0.15, -0.1) is 23.7 Å². The first-order valence-electron chi connectivity index (χ1n) is 6.97. The van der Waals surface area contributed by atoms with Gasteiger partial charge in [0.25, 0.3) is 0 Å². The molecule has 120 valence electrons. The van der Waals surface area contributed by atoms with E-state index in [9.17, 15) is 8.42 Å². The molecule has 1 aromatic heterocycles. The zero-order valence-electron chi connectivity index (χ0n) is 11.8. The minimum absolute atomic E-state index is 0. The number of sulfonamides is 1. The van der Waals surface area contributed by atoms with Crippen molar-refractivity contribution in [1.82, 2.24) is 14.2 Å². The van der Waals surface area contributed by atoms with Crippen LogP contribution in [0.2, 0.25) is 0 Å². The van der Waals surface area contributed by atoms with Crippen molar-refractivity contribution in [3.05, 3.63) is 11.1 Å². The van der Waals surface area contributed by atoms with Crippen molar-refractivity contribution in [3.63, 3.8) is 0 Å². The van der Waals surface area contributed by atoms with Crippen LogP contribution in [-0.4, -0.2) is 54.0 Å². The Morgan fingerprint density at radius 3 is 2.67 bits per heavy atom. The zero-order chi connectivity index (χ0) is 14.2. The van der Waals surface area contributed by atoms with Gasteiger partial charge in [0, 0.05) is 37.3 Å². The second-order valence-corrected chi connectivity index (χ2v) is 8.82. The Hall–Kier alpha value is -0.410. The van der Waals surface area contributed by atoms with Crippen LogP contribution in [0.4, 0.5) is 5.13 Å². The highest BCUT2D eigenvalue weighted by molar-refractivity contribution is 7.89. The molecule has 0 aliphatic carbocycles. The van der Waals surface area contributed by atoms with Gasteiger partial charge >= 0.3 is 0 Å². The fourth-order valence-electron chi connectivity index (χ4n) is 2.95. The van der Waals surface area contributed by atoms with Gasteiger partial charge in [0.05, 0.1) is 5.25 Å². The van der Waals surface area contributed by atoms with Crippen LogP contribution in [0.3, 0.4) is 0 Å². The van der Waals surface area contributed by atoms with Crippen LogP contribution in [-0.2, 0) is 16.6 Å². The summed E-state index contributed by atoms with van der Waals surface area (Å²) in [5.74, 6) is 0. The average molecular weight is 353 g/mol. The molecule has 2 saturated heterocycles. The molecule has 1 atom stereocenters. The molecule has 9 heteroatoms. The number of hydrogen-bond donors (Lipinski definition) is 1. The van der Waals surface area contributed by atoms with E-state index in [2.05, 4.69) is 9.88 Å². The normalized spacial score (nSPS) is 24.3. The third-order valence-electron chi connectivity index (χ3n) is 4.03. The number of likely N-dealkylation sites (tertiary alicyclic amines) is 1. The average Bonchev–Trinajstić information content (AvgIpc) is 3.11. The summed E-state index contributed by atoms with van der Waals surface area (Å²) in [6, 6.07) is 0. The standard InChI is InChI=1S/C12H20N4O2S2.ClH/c13-12-14-7-10(19-12)8-15-6-3-11(9-15)20(17,18)16-4-1-2-5-16;/h7,11H,1-6,8-9H2,(H2,13,14);1H. The van der Waals surface area contributed by atoms with Crippen LogP contribution in [0.25, 0.3) is 0 Å². The van der Waals surface area contributed by atoms with Crippen molar-refractivity contribution in [2.75, 3.05) is 31.9 Å². The second kappa shape index (κ2) is 6.78. The summed E-state index contributed by atoms with van der Waals surface area (Å²) in [5, 5.41) is 0.325. The van der Waals surface area contributed by atoms with Crippen molar-refractivity contribution in [2.24, 2.45) is 0 Å². The first-order chi connectivity index (χ1) is 9.55. The van der Waals surface area contributed by atoms with Gasteiger partial charge < -0.3 is 5.73 Å². The van der Waals surface area contributed by atoms with Crippen LogP contribution < -0.4 is 5.73 Å². The van der Waals surface area contributed by atoms with Crippen LogP contribution in [0.5, 0.6) is 0 Å². The quantitative estimate of drug-likeness (QED) is 0.879. The number of halogens is 1. The van der Waals surface area contributed by atoms with E-state index in [1.807, 2.05) is 0 Å². The maximum atomic E-state index is 12.5. The number of thiazole rings is 1. The fourth-order valence-corrected chi connectivity index (χ4v) is 5.67. The molecule has 0 radical (unpaired) electrons. The Bertz CT molecular complexity index is 572. The van der Waals surface area contributed by atoms with E-state index < -0.39 is 10.0 Å². The minimum Gasteiger partial charge on any atom is -0.375 e. The Morgan fingerprint density at radius 1 is 1.33 bits per heavy atom. The van der Waals surface area contributed by atoms with Crippen molar-refractivity contribution < 1.29 is 8.42 Å². The molecule has 0 bridgehead atoms. The molecule has 2 fully saturated rings. The number of nitrogen functional groups attached to an aromatic ring is 1. The SMILES string of the molecule is Cl.Nc1ncc(CN2CCC(S(=O)(=O)N3CCCC3)C2)s1. The maximum absolute atomic E-state index is 12.5. The lowest BCUT2D eigenvalue weighted by Crippen LogP contribution is -2.38. The summed E-state index contributed by atoms with van der Waals surface area (Å²) in [6.45, 7) is 3.60. The van der Waals surface area contributed by atoms with Crippen molar-refractivity contribution >= 4 is 38.9 Å².